The number of nitrogens with one attached hydrogen (secondary N) is 1. The number of aliphatic hydroxyl groups is 1. The fraction of sp³-hybridized carbons (Fsp3) is 0.474. The Bertz CT molecular complexity index is 729. The maximum Gasteiger partial charge on any atom is 0.226 e. The lowest BCUT2D eigenvalue weighted by Gasteiger charge is -2.33. The van der Waals surface area contributed by atoms with Crippen LogP contribution in [0.3, 0.4) is 0 Å². The van der Waals surface area contributed by atoms with E-state index in [2.05, 4.69) is 10.5 Å². The third-order valence-corrected chi connectivity index (χ3v) is 4.98. The molecule has 1 fully saturated rings. The molecule has 1 amide bonds. The molecule has 0 unspecified atom stereocenters. The molecule has 0 bridgehead atoms. The van der Waals surface area contributed by atoms with Crippen molar-refractivity contribution in [3.8, 4) is 0 Å². The van der Waals surface area contributed by atoms with E-state index in [-0.39, 0.29) is 18.1 Å². The molecule has 0 saturated heterocycles. The molecule has 3 rings (SSSR count). The number of rotatable bonds is 6. The number of hydrogen-bond acceptors (Lipinski definition) is 4. The molecule has 1 aromatic carbocycles. The molecule has 1 saturated carbocycles. The van der Waals surface area contributed by atoms with Crippen molar-refractivity contribution in [1.82, 2.24) is 10.5 Å². The second-order valence-corrected chi connectivity index (χ2v) is 6.96. The van der Waals surface area contributed by atoms with E-state index >= 15 is 0 Å². The minimum Gasteiger partial charge on any atom is -0.392 e. The van der Waals surface area contributed by atoms with E-state index in [1.54, 1.807) is 25.1 Å². The molecule has 1 aromatic heterocycles. The Balaban J connectivity index is 1.64. The highest BCUT2D eigenvalue weighted by atomic mass is 19.1. The molecular formula is C19H23FN2O3. The first-order valence-corrected chi connectivity index (χ1v) is 8.58. The second kappa shape index (κ2) is 7.35. The van der Waals surface area contributed by atoms with Crippen LogP contribution in [0.15, 0.2) is 34.9 Å². The molecule has 25 heavy (non-hydrogen) atoms. The van der Waals surface area contributed by atoms with Gasteiger partial charge in [0.25, 0.3) is 0 Å². The van der Waals surface area contributed by atoms with E-state index in [0.717, 1.165) is 24.8 Å². The minimum absolute atomic E-state index is 0.147. The Morgan fingerprint density at radius 3 is 2.80 bits per heavy atom. The van der Waals surface area contributed by atoms with E-state index < -0.39 is 11.5 Å². The summed E-state index contributed by atoms with van der Waals surface area (Å²) in [5.74, 6) is 0.244. The summed E-state index contributed by atoms with van der Waals surface area (Å²) in [7, 11) is 0. The van der Waals surface area contributed by atoms with Crippen molar-refractivity contribution < 1.29 is 18.8 Å². The topological polar surface area (TPSA) is 75.4 Å². The van der Waals surface area contributed by atoms with Crippen molar-refractivity contribution in [1.29, 1.82) is 0 Å². The molecule has 2 atom stereocenters. The molecule has 0 radical (unpaired) electrons. The largest absolute Gasteiger partial charge is 0.392 e. The van der Waals surface area contributed by atoms with Crippen LogP contribution in [0, 0.1) is 18.2 Å². The number of aliphatic hydroxyl groups excluding tert-OH is 1. The van der Waals surface area contributed by atoms with Crippen molar-refractivity contribution in [2.24, 2.45) is 5.41 Å². The van der Waals surface area contributed by atoms with Gasteiger partial charge >= 0.3 is 0 Å². The molecule has 5 nitrogen and oxygen atoms in total. The highest BCUT2D eigenvalue weighted by molar-refractivity contribution is 5.78. The van der Waals surface area contributed by atoms with E-state index in [1.807, 2.05) is 0 Å². The SMILES string of the molecule is Cc1cc(CC(=O)NC[C@@]2(Cc3ccc(F)cc3)CCC[C@@H]2O)no1. The van der Waals surface area contributed by atoms with E-state index in [0.29, 0.717) is 24.4 Å². The molecule has 2 aromatic rings. The van der Waals surface area contributed by atoms with Crippen LogP contribution < -0.4 is 5.32 Å². The summed E-state index contributed by atoms with van der Waals surface area (Å²) in [6.45, 7) is 2.17. The standard InChI is InChI=1S/C19H23FN2O3/c1-13-9-16(22-25-13)10-18(24)21-12-19(8-2-3-17(19)23)11-14-4-6-15(20)7-5-14/h4-7,9,17,23H,2-3,8,10-12H2,1H3,(H,21,24)/t17-,19-/m0/s1. The van der Waals surface area contributed by atoms with Gasteiger partial charge in [0.2, 0.25) is 5.91 Å². The molecule has 2 N–H and O–H groups in total. The normalized spacial score (nSPS) is 22.9. The average Bonchev–Trinajstić information content (AvgIpc) is 3.14. The van der Waals surface area contributed by atoms with Crippen molar-refractivity contribution in [2.45, 2.75) is 45.1 Å². The Labute approximate surface area is 146 Å². The van der Waals surface area contributed by atoms with Crippen molar-refractivity contribution in [3.63, 3.8) is 0 Å². The first kappa shape index (κ1) is 17.6. The van der Waals surface area contributed by atoms with Gasteiger partial charge in [0.1, 0.15) is 11.6 Å². The summed E-state index contributed by atoms with van der Waals surface area (Å²) in [6, 6.07) is 8.06. The first-order chi connectivity index (χ1) is 12.0. The maximum absolute atomic E-state index is 13.1. The number of nitrogens with zero attached hydrogens (tertiary/aromatic N) is 1. The zero-order valence-electron chi connectivity index (χ0n) is 14.3. The molecule has 1 heterocycles. The van der Waals surface area contributed by atoms with Crippen LogP contribution >= 0.6 is 0 Å². The lowest BCUT2D eigenvalue weighted by Crippen LogP contribution is -2.44. The van der Waals surface area contributed by atoms with Gasteiger partial charge in [-0.3, -0.25) is 4.79 Å². The van der Waals surface area contributed by atoms with E-state index in [9.17, 15) is 14.3 Å². The van der Waals surface area contributed by atoms with Crippen LogP contribution in [0.1, 0.15) is 36.3 Å². The lowest BCUT2D eigenvalue weighted by atomic mass is 9.78. The van der Waals surface area contributed by atoms with Gasteiger partial charge in [0, 0.05) is 18.0 Å². The number of amides is 1. The van der Waals surface area contributed by atoms with Crippen LogP contribution in [0.25, 0.3) is 0 Å². The monoisotopic (exact) mass is 346 g/mol. The van der Waals surface area contributed by atoms with E-state index in [1.165, 1.54) is 12.1 Å². The van der Waals surface area contributed by atoms with Crippen molar-refractivity contribution >= 4 is 5.91 Å². The van der Waals surface area contributed by atoms with Gasteiger partial charge < -0.3 is 14.9 Å². The number of halogens is 1. The predicted molar refractivity (Wildman–Crippen MR) is 90.3 cm³/mol. The lowest BCUT2D eigenvalue weighted by molar-refractivity contribution is -0.121. The predicted octanol–water partition coefficient (Wildman–Crippen LogP) is 2.55. The molecule has 1 aliphatic rings. The average molecular weight is 346 g/mol. The summed E-state index contributed by atoms with van der Waals surface area (Å²) in [5, 5.41) is 17.3. The summed E-state index contributed by atoms with van der Waals surface area (Å²) in [6.07, 6.45) is 2.75. The number of aryl methyl sites for hydroxylation is 1. The zero-order chi connectivity index (χ0) is 17.9. The number of carbonyl (C=O) groups is 1. The Morgan fingerprint density at radius 2 is 2.20 bits per heavy atom. The van der Waals surface area contributed by atoms with Gasteiger partial charge in [0.15, 0.2) is 0 Å². The van der Waals surface area contributed by atoms with Gasteiger partial charge in [0.05, 0.1) is 18.2 Å². The molecule has 1 aliphatic carbocycles. The van der Waals surface area contributed by atoms with Crippen LogP contribution in [-0.2, 0) is 17.6 Å². The van der Waals surface area contributed by atoms with Gasteiger partial charge in [-0.1, -0.05) is 23.7 Å². The van der Waals surface area contributed by atoms with Crippen LogP contribution in [0.2, 0.25) is 0 Å². The highest BCUT2D eigenvalue weighted by Gasteiger charge is 2.42. The molecule has 0 spiro atoms. The van der Waals surface area contributed by atoms with Gasteiger partial charge in [-0.05, 0) is 43.9 Å². The van der Waals surface area contributed by atoms with Gasteiger partial charge in [-0.2, -0.15) is 0 Å². The first-order valence-electron chi connectivity index (χ1n) is 8.58. The Morgan fingerprint density at radius 1 is 1.44 bits per heavy atom. The highest BCUT2D eigenvalue weighted by Crippen LogP contribution is 2.40. The third-order valence-electron chi connectivity index (χ3n) is 4.98. The van der Waals surface area contributed by atoms with E-state index in [4.69, 9.17) is 4.52 Å². The maximum atomic E-state index is 13.1. The molecule has 134 valence electrons. The summed E-state index contributed by atoms with van der Waals surface area (Å²) in [4.78, 5) is 12.2. The molecule has 0 aliphatic heterocycles. The van der Waals surface area contributed by atoms with Crippen LogP contribution in [0.4, 0.5) is 4.39 Å². The fourth-order valence-electron chi connectivity index (χ4n) is 3.61. The van der Waals surface area contributed by atoms with Crippen molar-refractivity contribution in [2.75, 3.05) is 6.54 Å². The summed E-state index contributed by atoms with van der Waals surface area (Å²) < 4.78 is 18.1. The van der Waals surface area contributed by atoms with Crippen LogP contribution in [-0.4, -0.2) is 28.8 Å². The smallest absolute Gasteiger partial charge is 0.226 e. The van der Waals surface area contributed by atoms with Crippen molar-refractivity contribution in [3.05, 3.63) is 53.2 Å². The zero-order valence-corrected chi connectivity index (χ0v) is 14.3. The number of carbonyl (C=O) groups excluding carboxylic acids is 1. The fourth-order valence-corrected chi connectivity index (χ4v) is 3.61. The van der Waals surface area contributed by atoms with Gasteiger partial charge in [-0.25, -0.2) is 4.39 Å². The molecular weight excluding hydrogens is 323 g/mol. The Hall–Kier alpha value is -2.21. The second-order valence-electron chi connectivity index (χ2n) is 6.96. The third kappa shape index (κ3) is 4.25. The van der Waals surface area contributed by atoms with Gasteiger partial charge in [-0.15, -0.1) is 0 Å². The summed E-state index contributed by atoms with van der Waals surface area (Å²) in [5.41, 5.74) is 1.14. The minimum atomic E-state index is -0.479. The Kier molecular flexibility index (Phi) is 5.18. The summed E-state index contributed by atoms with van der Waals surface area (Å²) >= 11 is 0. The molecule has 6 heteroatoms. The number of aromatic nitrogens is 1. The number of hydrogen-bond donors (Lipinski definition) is 2. The van der Waals surface area contributed by atoms with Crippen LogP contribution in [0.5, 0.6) is 0 Å². The number of benzene rings is 1. The quantitative estimate of drug-likeness (QED) is 0.843.